The van der Waals surface area contributed by atoms with Crippen LogP contribution in [0.2, 0.25) is 0 Å². The van der Waals surface area contributed by atoms with Crippen LogP contribution in [-0.4, -0.2) is 0 Å². The number of para-hydroxylation sites is 1. The molecule has 0 aliphatic carbocycles. The molecule has 0 spiro atoms. The van der Waals surface area contributed by atoms with Gasteiger partial charge in [0, 0.05) is 9.80 Å². The second-order valence-electron chi connectivity index (χ2n) is 3.75. The molecule has 2 aromatic carbocycles. The van der Waals surface area contributed by atoms with Crippen LogP contribution in [-0.2, 0) is 5.33 Å². The lowest BCUT2D eigenvalue weighted by atomic mass is 10.2. The zero-order chi connectivity index (χ0) is 12.3. The van der Waals surface area contributed by atoms with Crippen LogP contribution in [0.1, 0.15) is 11.1 Å². The summed E-state index contributed by atoms with van der Waals surface area (Å²) < 4.78 is 6.95. The molecule has 0 aromatic heterocycles. The maximum atomic E-state index is 5.86. The highest BCUT2D eigenvalue weighted by molar-refractivity contribution is 9.10. The molecule has 0 aliphatic heterocycles. The van der Waals surface area contributed by atoms with Crippen LogP contribution < -0.4 is 4.74 Å². The smallest absolute Gasteiger partial charge is 0.130 e. The van der Waals surface area contributed by atoms with E-state index in [-0.39, 0.29) is 0 Å². The molecule has 0 amide bonds. The lowest BCUT2D eigenvalue weighted by Gasteiger charge is -2.10. The summed E-state index contributed by atoms with van der Waals surface area (Å²) in [5, 5.41) is 0.804. The van der Waals surface area contributed by atoms with Crippen molar-refractivity contribution in [3.63, 3.8) is 0 Å². The molecule has 2 rings (SSSR count). The Labute approximate surface area is 118 Å². The fourth-order valence-corrected chi connectivity index (χ4v) is 2.74. The van der Waals surface area contributed by atoms with E-state index < -0.39 is 0 Å². The SMILES string of the molecule is Cc1ccccc1Oc1ccc(Br)c(CBr)c1. The minimum absolute atomic E-state index is 0.804. The maximum Gasteiger partial charge on any atom is 0.130 e. The highest BCUT2D eigenvalue weighted by atomic mass is 79.9. The van der Waals surface area contributed by atoms with Crippen molar-refractivity contribution in [3.05, 3.63) is 58.1 Å². The summed E-state index contributed by atoms with van der Waals surface area (Å²) >= 11 is 6.96. The number of rotatable bonds is 3. The third-order valence-corrected chi connectivity index (χ3v) is 3.86. The molecule has 88 valence electrons. The van der Waals surface area contributed by atoms with Crippen molar-refractivity contribution in [1.29, 1.82) is 0 Å². The molecule has 0 unspecified atom stereocenters. The normalized spacial score (nSPS) is 10.3. The number of benzene rings is 2. The Kier molecular flexibility index (Phi) is 4.24. The molecule has 0 atom stereocenters. The first-order chi connectivity index (χ1) is 8.20. The third-order valence-electron chi connectivity index (χ3n) is 2.48. The van der Waals surface area contributed by atoms with Gasteiger partial charge in [-0.1, -0.05) is 50.1 Å². The van der Waals surface area contributed by atoms with Gasteiger partial charge >= 0.3 is 0 Å². The van der Waals surface area contributed by atoms with Gasteiger partial charge in [0.15, 0.2) is 0 Å². The molecule has 0 bridgehead atoms. The molecule has 0 aliphatic rings. The summed E-state index contributed by atoms with van der Waals surface area (Å²) in [6.07, 6.45) is 0. The summed E-state index contributed by atoms with van der Waals surface area (Å²) in [4.78, 5) is 0. The first-order valence-corrected chi connectivity index (χ1v) is 7.20. The summed E-state index contributed by atoms with van der Waals surface area (Å²) in [6.45, 7) is 2.04. The van der Waals surface area contributed by atoms with Crippen LogP contribution in [0.15, 0.2) is 46.9 Å². The Morgan fingerprint density at radius 1 is 1.12 bits per heavy atom. The van der Waals surface area contributed by atoms with Gasteiger partial charge in [0.1, 0.15) is 11.5 Å². The summed E-state index contributed by atoms with van der Waals surface area (Å²) in [5.74, 6) is 1.76. The second kappa shape index (κ2) is 5.69. The number of alkyl halides is 1. The predicted molar refractivity (Wildman–Crippen MR) is 78.0 cm³/mol. The van der Waals surface area contributed by atoms with E-state index in [9.17, 15) is 0 Å². The molecule has 0 saturated heterocycles. The van der Waals surface area contributed by atoms with Crippen molar-refractivity contribution in [2.45, 2.75) is 12.3 Å². The van der Waals surface area contributed by atoms with Gasteiger partial charge in [-0.3, -0.25) is 0 Å². The van der Waals surface area contributed by atoms with Gasteiger partial charge in [0.05, 0.1) is 0 Å². The molecule has 0 saturated carbocycles. The molecule has 2 aromatic rings. The van der Waals surface area contributed by atoms with Gasteiger partial charge in [-0.25, -0.2) is 0 Å². The van der Waals surface area contributed by atoms with Crippen LogP contribution >= 0.6 is 31.9 Å². The molecule has 0 N–H and O–H groups in total. The van der Waals surface area contributed by atoms with Crippen molar-refractivity contribution in [2.24, 2.45) is 0 Å². The molecule has 1 nitrogen and oxygen atoms in total. The monoisotopic (exact) mass is 354 g/mol. The molecule has 0 fully saturated rings. The van der Waals surface area contributed by atoms with Crippen molar-refractivity contribution >= 4 is 31.9 Å². The number of hydrogen-bond acceptors (Lipinski definition) is 1. The van der Waals surface area contributed by atoms with Gasteiger partial charge in [-0.15, -0.1) is 0 Å². The predicted octanol–water partition coefficient (Wildman–Crippen LogP) is 5.44. The summed E-state index contributed by atoms with van der Waals surface area (Å²) in [5.41, 5.74) is 2.31. The lowest BCUT2D eigenvalue weighted by molar-refractivity contribution is 0.478. The van der Waals surface area contributed by atoms with E-state index in [1.807, 2.05) is 49.4 Å². The zero-order valence-electron chi connectivity index (χ0n) is 9.41. The maximum absolute atomic E-state index is 5.86. The first-order valence-electron chi connectivity index (χ1n) is 5.28. The highest BCUT2D eigenvalue weighted by Crippen LogP contribution is 2.29. The highest BCUT2D eigenvalue weighted by Gasteiger charge is 2.04. The van der Waals surface area contributed by atoms with Gasteiger partial charge < -0.3 is 4.74 Å². The fourth-order valence-electron chi connectivity index (χ4n) is 1.51. The third kappa shape index (κ3) is 3.11. The van der Waals surface area contributed by atoms with E-state index in [1.165, 1.54) is 5.56 Å². The van der Waals surface area contributed by atoms with Crippen LogP contribution in [0.25, 0.3) is 0 Å². The van der Waals surface area contributed by atoms with E-state index >= 15 is 0 Å². The van der Waals surface area contributed by atoms with Gasteiger partial charge in [-0.05, 0) is 42.3 Å². The molecular formula is C14H12Br2O. The first kappa shape index (κ1) is 12.7. The molecule has 0 radical (unpaired) electrons. The molecule has 17 heavy (non-hydrogen) atoms. The quantitative estimate of drug-likeness (QED) is 0.665. The van der Waals surface area contributed by atoms with E-state index in [2.05, 4.69) is 31.9 Å². The average Bonchev–Trinajstić information content (AvgIpc) is 2.34. The number of halogens is 2. The van der Waals surface area contributed by atoms with Crippen LogP contribution in [0.5, 0.6) is 11.5 Å². The van der Waals surface area contributed by atoms with Gasteiger partial charge in [0.2, 0.25) is 0 Å². The Morgan fingerprint density at radius 2 is 1.88 bits per heavy atom. The Balaban J connectivity index is 2.28. The van der Waals surface area contributed by atoms with Crippen molar-refractivity contribution in [2.75, 3.05) is 0 Å². The van der Waals surface area contributed by atoms with Crippen LogP contribution in [0.4, 0.5) is 0 Å². The van der Waals surface area contributed by atoms with E-state index in [1.54, 1.807) is 0 Å². The minimum atomic E-state index is 0.804. The summed E-state index contributed by atoms with van der Waals surface area (Å²) in [7, 11) is 0. The number of hydrogen-bond donors (Lipinski definition) is 0. The van der Waals surface area contributed by atoms with Crippen molar-refractivity contribution in [3.8, 4) is 11.5 Å². The zero-order valence-corrected chi connectivity index (χ0v) is 12.6. The van der Waals surface area contributed by atoms with Crippen LogP contribution in [0.3, 0.4) is 0 Å². The largest absolute Gasteiger partial charge is 0.457 e. The average molecular weight is 356 g/mol. The Bertz CT molecular complexity index is 523. The second-order valence-corrected chi connectivity index (χ2v) is 5.17. The van der Waals surface area contributed by atoms with Crippen molar-refractivity contribution in [1.82, 2.24) is 0 Å². The molecule has 3 heteroatoms. The molecular weight excluding hydrogens is 344 g/mol. The van der Waals surface area contributed by atoms with Crippen molar-refractivity contribution < 1.29 is 4.74 Å². The minimum Gasteiger partial charge on any atom is -0.457 e. The number of ether oxygens (including phenoxy) is 1. The molecule has 0 heterocycles. The topological polar surface area (TPSA) is 9.23 Å². The van der Waals surface area contributed by atoms with E-state index in [0.29, 0.717) is 0 Å². The Morgan fingerprint density at radius 3 is 2.59 bits per heavy atom. The van der Waals surface area contributed by atoms with Gasteiger partial charge in [0.25, 0.3) is 0 Å². The fraction of sp³-hybridized carbons (Fsp3) is 0.143. The summed E-state index contributed by atoms with van der Waals surface area (Å²) in [6, 6.07) is 14.0. The van der Waals surface area contributed by atoms with E-state index in [0.717, 1.165) is 26.9 Å². The van der Waals surface area contributed by atoms with Crippen LogP contribution in [0, 0.1) is 6.92 Å². The Hall–Kier alpha value is -0.800. The lowest BCUT2D eigenvalue weighted by Crippen LogP contribution is -1.89. The van der Waals surface area contributed by atoms with E-state index in [4.69, 9.17) is 4.74 Å². The standard InChI is InChI=1S/C14H12Br2O/c1-10-4-2-3-5-14(10)17-12-6-7-13(16)11(8-12)9-15/h2-8H,9H2,1H3. The van der Waals surface area contributed by atoms with Gasteiger partial charge in [-0.2, -0.15) is 0 Å². The number of aryl methyl sites for hydroxylation is 1.